The first-order chi connectivity index (χ1) is 17.9. The number of likely N-dealkylation sites (N-methyl/N-ethyl adjacent to an activating group) is 1. The van der Waals surface area contributed by atoms with Gasteiger partial charge >= 0.3 is 0 Å². The van der Waals surface area contributed by atoms with Crippen LogP contribution in [0.4, 0.5) is 15.8 Å². The zero-order valence-corrected chi connectivity index (χ0v) is 21.8. The molecule has 5 rings (SSSR count). The standard InChI is InChI=1S/C27H26BrFN6O2/c1-33-12-14-34(15-13-33)22-7-3-2-6-18(22)16-30-26(36)19-9-10-21(29)25(24(19)28)32-27(37)20-17-31-35-11-5-4-8-23(20)35/h2-11,17H,12-16H2,1H3,(H,30,36)(H,32,37). The van der Waals surface area contributed by atoms with Crippen molar-refractivity contribution in [2.24, 2.45) is 0 Å². The molecule has 0 unspecified atom stereocenters. The molecule has 1 fully saturated rings. The van der Waals surface area contributed by atoms with Crippen LogP contribution in [-0.2, 0) is 6.54 Å². The van der Waals surface area contributed by atoms with Crippen molar-refractivity contribution in [3.8, 4) is 0 Å². The van der Waals surface area contributed by atoms with Gasteiger partial charge in [0.05, 0.1) is 33.0 Å². The monoisotopic (exact) mass is 564 g/mol. The van der Waals surface area contributed by atoms with Crippen LogP contribution in [0.15, 0.2) is 71.5 Å². The van der Waals surface area contributed by atoms with Crippen LogP contribution >= 0.6 is 15.9 Å². The van der Waals surface area contributed by atoms with Crippen LogP contribution < -0.4 is 15.5 Å². The molecule has 0 atom stereocenters. The Morgan fingerprint density at radius 1 is 0.973 bits per heavy atom. The molecule has 190 valence electrons. The summed E-state index contributed by atoms with van der Waals surface area (Å²) >= 11 is 3.33. The lowest BCUT2D eigenvalue weighted by molar-refractivity contribution is 0.0948. The predicted molar refractivity (Wildman–Crippen MR) is 145 cm³/mol. The van der Waals surface area contributed by atoms with Crippen molar-refractivity contribution < 1.29 is 14.0 Å². The highest BCUT2D eigenvalue weighted by Crippen LogP contribution is 2.31. The van der Waals surface area contributed by atoms with Gasteiger partial charge in [0.15, 0.2) is 0 Å². The smallest absolute Gasteiger partial charge is 0.259 e. The molecule has 0 radical (unpaired) electrons. The fourth-order valence-electron chi connectivity index (χ4n) is 4.42. The minimum atomic E-state index is -0.659. The minimum Gasteiger partial charge on any atom is -0.369 e. The molecule has 2 N–H and O–H groups in total. The van der Waals surface area contributed by atoms with Crippen molar-refractivity contribution in [2.75, 3.05) is 43.4 Å². The SMILES string of the molecule is CN1CCN(c2ccccc2CNC(=O)c2ccc(F)c(NC(=O)c3cnn4ccccc34)c2Br)CC1. The molecule has 2 amide bonds. The predicted octanol–water partition coefficient (Wildman–Crippen LogP) is 4.17. The lowest BCUT2D eigenvalue weighted by atomic mass is 10.1. The van der Waals surface area contributed by atoms with E-state index in [1.807, 2.05) is 18.2 Å². The Kier molecular flexibility index (Phi) is 7.20. The fraction of sp³-hybridized carbons (Fsp3) is 0.222. The van der Waals surface area contributed by atoms with Crippen LogP contribution in [0.2, 0.25) is 0 Å². The van der Waals surface area contributed by atoms with E-state index in [0.717, 1.165) is 37.4 Å². The second kappa shape index (κ2) is 10.7. The molecule has 37 heavy (non-hydrogen) atoms. The number of carbonyl (C=O) groups is 2. The Bertz CT molecular complexity index is 1460. The number of nitrogens with one attached hydrogen (secondary N) is 2. The number of anilines is 2. The molecule has 2 aromatic carbocycles. The molecule has 8 nitrogen and oxygen atoms in total. The van der Waals surface area contributed by atoms with Gasteiger partial charge in [-0.1, -0.05) is 24.3 Å². The van der Waals surface area contributed by atoms with E-state index in [0.29, 0.717) is 17.6 Å². The lowest BCUT2D eigenvalue weighted by Gasteiger charge is -2.35. The van der Waals surface area contributed by atoms with Crippen molar-refractivity contribution >= 4 is 44.6 Å². The number of benzene rings is 2. The summed E-state index contributed by atoms with van der Waals surface area (Å²) in [6, 6.07) is 15.9. The Morgan fingerprint density at radius 3 is 2.54 bits per heavy atom. The average Bonchev–Trinajstić information content (AvgIpc) is 3.35. The van der Waals surface area contributed by atoms with E-state index in [4.69, 9.17) is 0 Å². The Labute approximate surface area is 222 Å². The summed E-state index contributed by atoms with van der Waals surface area (Å²) in [5.74, 6) is -1.57. The van der Waals surface area contributed by atoms with E-state index in [1.165, 1.54) is 18.3 Å². The molecule has 0 saturated carbocycles. The summed E-state index contributed by atoms with van der Waals surface area (Å²) < 4.78 is 16.5. The molecule has 0 spiro atoms. The van der Waals surface area contributed by atoms with Gasteiger partial charge in [-0.25, -0.2) is 8.91 Å². The third-order valence-electron chi connectivity index (χ3n) is 6.52. The van der Waals surface area contributed by atoms with Crippen molar-refractivity contribution in [2.45, 2.75) is 6.54 Å². The Hall–Kier alpha value is -3.76. The summed E-state index contributed by atoms with van der Waals surface area (Å²) in [5, 5.41) is 9.68. The van der Waals surface area contributed by atoms with Crippen molar-refractivity contribution in [3.05, 3.63) is 94.0 Å². The molecular formula is C27H26BrFN6O2. The van der Waals surface area contributed by atoms with E-state index in [-0.39, 0.29) is 21.6 Å². The molecule has 3 heterocycles. The molecule has 4 aromatic rings. The topological polar surface area (TPSA) is 82.0 Å². The number of rotatable bonds is 6. The number of halogens is 2. The Balaban J connectivity index is 1.32. The summed E-state index contributed by atoms with van der Waals surface area (Å²) in [6.45, 7) is 4.11. The largest absolute Gasteiger partial charge is 0.369 e. The van der Waals surface area contributed by atoms with E-state index in [2.05, 4.69) is 54.6 Å². The van der Waals surface area contributed by atoms with Crippen LogP contribution in [0.1, 0.15) is 26.3 Å². The number of para-hydroxylation sites is 1. The third kappa shape index (κ3) is 5.21. The van der Waals surface area contributed by atoms with Gasteiger partial charge in [0.1, 0.15) is 5.82 Å². The number of pyridine rings is 1. The van der Waals surface area contributed by atoms with Gasteiger partial charge in [0.2, 0.25) is 0 Å². The van der Waals surface area contributed by atoms with Gasteiger partial charge in [-0.05, 0) is 58.9 Å². The number of fused-ring (bicyclic) bond motifs is 1. The summed E-state index contributed by atoms with van der Waals surface area (Å²) in [6.07, 6.45) is 3.14. The molecule has 0 bridgehead atoms. The van der Waals surface area contributed by atoms with Gasteiger partial charge in [0.25, 0.3) is 11.8 Å². The van der Waals surface area contributed by atoms with Crippen LogP contribution in [0, 0.1) is 5.82 Å². The van der Waals surface area contributed by atoms with E-state index >= 15 is 0 Å². The van der Waals surface area contributed by atoms with Gasteiger partial charge in [-0.3, -0.25) is 9.59 Å². The van der Waals surface area contributed by atoms with Crippen molar-refractivity contribution in [1.82, 2.24) is 19.8 Å². The molecule has 1 aliphatic rings. The van der Waals surface area contributed by atoms with E-state index < -0.39 is 11.7 Å². The summed E-state index contributed by atoms with van der Waals surface area (Å²) in [5.41, 5.74) is 3.08. The van der Waals surface area contributed by atoms with Gasteiger partial charge in [-0.15, -0.1) is 0 Å². The van der Waals surface area contributed by atoms with Gasteiger partial charge < -0.3 is 20.4 Å². The first kappa shape index (κ1) is 24.9. The number of hydrogen-bond donors (Lipinski definition) is 2. The highest BCUT2D eigenvalue weighted by atomic mass is 79.9. The first-order valence-corrected chi connectivity index (χ1v) is 12.7. The molecule has 2 aromatic heterocycles. The number of hydrogen-bond acceptors (Lipinski definition) is 5. The second-order valence-electron chi connectivity index (χ2n) is 8.93. The van der Waals surface area contributed by atoms with Crippen molar-refractivity contribution in [3.63, 3.8) is 0 Å². The minimum absolute atomic E-state index is 0.106. The highest BCUT2D eigenvalue weighted by molar-refractivity contribution is 9.10. The summed E-state index contributed by atoms with van der Waals surface area (Å²) in [7, 11) is 2.11. The van der Waals surface area contributed by atoms with Crippen molar-refractivity contribution in [1.29, 1.82) is 0 Å². The maximum absolute atomic E-state index is 14.7. The normalized spacial score (nSPS) is 14.1. The van der Waals surface area contributed by atoms with E-state index in [1.54, 1.807) is 28.9 Å². The molecular weight excluding hydrogens is 539 g/mol. The number of aromatic nitrogens is 2. The number of carbonyl (C=O) groups excluding carboxylic acids is 2. The fourth-order valence-corrected chi connectivity index (χ4v) is 5.02. The zero-order chi connectivity index (χ0) is 25.9. The molecule has 10 heteroatoms. The van der Waals surface area contributed by atoms with Crippen LogP contribution in [-0.4, -0.2) is 59.6 Å². The highest BCUT2D eigenvalue weighted by Gasteiger charge is 2.22. The number of amides is 2. The summed E-state index contributed by atoms with van der Waals surface area (Å²) in [4.78, 5) is 30.7. The van der Waals surface area contributed by atoms with Crippen LogP contribution in [0.25, 0.3) is 5.52 Å². The van der Waals surface area contributed by atoms with Gasteiger partial charge in [0, 0.05) is 44.6 Å². The average molecular weight is 565 g/mol. The molecule has 1 saturated heterocycles. The third-order valence-corrected chi connectivity index (χ3v) is 7.34. The number of piperazine rings is 1. The van der Waals surface area contributed by atoms with Crippen LogP contribution in [0.3, 0.4) is 0 Å². The maximum atomic E-state index is 14.7. The second-order valence-corrected chi connectivity index (χ2v) is 9.72. The lowest BCUT2D eigenvalue weighted by Crippen LogP contribution is -2.45. The molecule has 0 aliphatic carbocycles. The molecule has 1 aliphatic heterocycles. The first-order valence-electron chi connectivity index (χ1n) is 11.9. The maximum Gasteiger partial charge on any atom is 0.259 e. The number of nitrogens with zero attached hydrogens (tertiary/aromatic N) is 4. The van der Waals surface area contributed by atoms with E-state index in [9.17, 15) is 14.0 Å². The van der Waals surface area contributed by atoms with Crippen LogP contribution in [0.5, 0.6) is 0 Å². The quantitative estimate of drug-likeness (QED) is 0.367. The Morgan fingerprint density at radius 2 is 1.73 bits per heavy atom. The van der Waals surface area contributed by atoms with Gasteiger partial charge in [-0.2, -0.15) is 5.10 Å². The zero-order valence-electron chi connectivity index (χ0n) is 20.2.